The van der Waals surface area contributed by atoms with E-state index >= 15 is 0 Å². The third-order valence-electron chi connectivity index (χ3n) is 2.91. The van der Waals surface area contributed by atoms with Crippen LogP contribution in [0.5, 0.6) is 0 Å². The van der Waals surface area contributed by atoms with Gasteiger partial charge in [0.15, 0.2) is 0 Å². The molecule has 0 atom stereocenters. The van der Waals surface area contributed by atoms with Crippen LogP contribution in [0.15, 0.2) is 58.3 Å². The van der Waals surface area contributed by atoms with Gasteiger partial charge in [0.25, 0.3) is 10.0 Å². The summed E-state index contributed by atoms with van der Waals surface area (Å²) in [5.41, 5.74) is 0.461. The van der Waals surface area contributed by atoms with Crippen molar-refractivity contribution in [2.24, 2.45) is 0 Å². The van der Waals surface area contributed by atoms with Crippen LogP contribution < -0.4 is 4.31 Å². The number of benzene rings is 2. The monoisotopic (exact) mass is 327 g/mol. The maximum atomic E-state index is 12.5. The van der Waals surface area contributed by atoms with Gasteiger partial charge in [-0.1, -0.05) is 23.7 Å². The van der Waals surface area contributed by atoms with E-state index in [4.69, 9.17) is 11.6 Å². The smallest absolute Gasteiger partial charge is 0.264 e. The van der Waals surface area contributed by atoms with Gasteiger partial charge in [0.05, 0.1) is 15.6 Å². The van der Waals surface area contributed by atoms with Crippen LogP contribution in [0.1, 0.15) is 0 Å². The molecule has 6 heteroatoms. The molecule has 0 amide bonds. The van der Waals surface area contributed by atoms with Crippen molar-refractivity contribution in [3.8, 4) is 0 Å². The molecule has 3 nitrogen and oxygen atoms in total. The second-order valence-electron chi connectivity index (χ2n) is 4.10. The maximum Gasteiger partial charge on any atom is 0.264 e. The lowest BCUT2D eigenvalue weighted by molar-refractivity contribution is 0.594. The van der Waals surface area contributed by atoms with E-state index < -0.39 is 10.0 Å². The highest BCUT2D eigenvalue weighted by molar-refractivity contribution is 7.98. The minimum absolute atomic E-state index is 0.248. The molecule has 2 aromatic rings. The van der Waals surface area contributed by atoms with Crippen molar-refractivity contribution < 1.29 is 8.42 Å². The minimum atomic E-state index is -3.60. The maximum absolute atomic E-state index is 12.5. The van der Waals surface area contributed by atoms with Gasteiger partial charge < -0.3 is 0 Å². The molecule has 2 aromatic carbocycles. The van der Waals surface area contributed by atoms with E-state index in [-0.39, 0.29) is 4.90 Å². The van der Waals surface area contributed by atoms with Gasteiger partial charge in [-0.25, -0.2) is 8.42 Å². The molecule has 0 spiro atoms. The van der Waals surface area contributed by atoms with Crippen molar-refractivity contribution in [3.63, 3.8) is 0 Å². The predicted molar refractivity (Wildman–Crippen MR) is 85.3 cm³/mol. The van der Waals surface area contributed by atoms with E-state index in [1.807, 2.05) is 6.26 Å². The van der Waals surface area contributed by atoms with Gasteiger partial charge in [-0.15, -0.1) is 11.8 Å². The molecule has 0 bridgehead atoms. The zero-order valence-electron chi connectivity index (χ0n) is 11.1. The Bertz CT molecular complexity index is 699. The normalized spacial score (nSPS) is 11.3. The van der Waals surface area contributed by atoms with Crippen molar-refractivity contribution >= 4 is 39.1 Å². The largest absolute Gasteiger partial charge is 0.268 e. The molecule has 20 heavy (non-hydrogen) atoms. The Balaban J connectivity index is 2.41. The summed E-state index contributed by atoms with van der Waals surface area (Å²) < 4.78 is 26.3. The third kappa shape index (κ3) is 2.95. The lowest BCUT2D eigenvalue weighted by atomic mass is 10.3. The Hall–Kier alpha value is -1.17. The summed E-state index contributed by atoms with van der Waals surface area (Å²) in [6.07, 6.45) is 1.94. The molecule has 0 N–H and O–H groups in total. The highest BCUT2D eigenvalue weighted by Gasteiger charge is 2.22. The standard InChI is InChI=1S/C14H14ClNO2S2/c1-16(14-6-4-3-5-13(14)15)20(17,18)12-9-7-11(19-2)8-10-12/h3-10H,1-2H3. The lowest BCUT2D eigenvalue weighted by Gasteiger charge is -2.20. The van der Waals surface area contributed by atoms with Gasteiger partial charge in [0.1, 0.15) is 0 Å². The zero-order chi connectivity index (χ0) is 14.8. The van der Waals surface area contributed by atoms with Crippen LogP contribution in [0.4, 0.5) is 5.69 Å². The minimum Gasteiger partial charge on any atom is -0.268 e. The predicted octanol–water partition coefficient (Wildman–Crippen LogP) is 3.89. The van der Waals surface area contributed by atoms with Crippen LogP contribution >= 0.6 is 23.4 Å². The summed E-state index contributed by atoms with van der Waals surface area (Å²) in [4.78, 5) is 1.27. The molecule has 0 aliphatic rings. The molecule has 0 heterocycles. The third-order valence-corrected chi connectivity index (χ3v) is 5.76. The Morgan fingerprint density at radius 1 is 1.05 bits per heavy atom. The number of nitrogens with zero attached hydrogens (tertiary/aromatic N) is 1. The van der Waals surface area contributed by atoms with E-state index in [0.29, 0.717) is 10.7 Å². The Morgan fingerprint density at radius 3 is 2.20 bits per heavy atom. The average molecular weight is 328 g/mol. The van der Waals surface area contributed by atoms with Gasteiger partial charge in [0.2, 0.25) is 0 Å². The molecule has 0 unspecified atom stereocenters. The summed E-state index contributed by atoms with van der Waals surface area (Å²) in [5.74, 6) is 0. The fraction of sp³-hybridized carbons (Fsp3) is 0.143. The van der Waals surface area contributed by atoms with Crippen LogP contribution in [0.3, 0.4) is 0 Å². The van der Waals surface area contributed by atoms with Crippen LogP contribution in [0.25, 0.3) is 0 Å². The van der Waals surface area contributed by atoms with Crippen LogP contribution in [0, 0.1) is 0 Å². The number of thioether (sulfide) groups is 1. The van der Waals surface area contributed by atoms with Crippen LogP contribution in [-0.2, 0) is 10.0 Å². The molecular weight excluding hydrogens is 314 g/mol. The molecular formula is C14H14ClNO2S2. The van der Waals surface area contributed by atoms with E-state index in [1.54, 1.807) is 60.3 Å². The fourth-order valence-electron chi connectivity index (χ4n) is 1.74. The Labute approximate surface area is 128 Å². The number of hydrogen-bond acceptors (Lipinski definition) is 3. The highest BCUT2D eigenvalue weighted by Crippen LogP contribution is 2.29. The van der Waals surface area contributed by atoms with E-state index in [0.717, 1.165) is 4.90 Å². The first-order valence-electron chi connectivity index (χ1n) is 5.84. The summed E-state index contributed by atoms with van der Waals surface area (Å²) in [5, 5.41) is 0.402. The topological polar surface area (TPSA) is 37.4 Å². The first-order valence-corrected chi connectivity index (χ1v) is 8.88. The molecule has 0 saturated carbocycles. The molecule has 0 aromatic heterocycles. The van der Waals surface area contributed by atoms with Crippen molar-refractivity contribution in [1.82, 2.24) is 0 Å². The first kappa shape index (κ1) is 15.2. The zero-order valence-corrected chi connectivity index (χ0v) is 13.5. The summed E-state index contributed by atoms with van der Waals surface area (Å²) >= 11 is 7.62. The molecule has 0 aliphatic heterocycles. The Kier molecular flexibility index (Phi) is 4.62. The van der Waals surface area contributed by atoms with E-state index in [1.165, 1.54) is 11.4 Å². The fourth-order valence-corrected chi connectivity index (χ4v) is 3.68. The number of sulfonamides is 1. The average Bonchev–Trinajstić information content (AvgIpc) is 2.47. The second kappa shape index (κ2) is 6.08. The van der Waals surface area contributed by atoms with Gasteiger partial charge in [-0.3, -0.25) is 4.31 Å². The quantitative estimate of drug-likeness (QED) is 0.799. The molecule has 0 aliphatic carbocycles. The van der Waals surface area contributed by atoms with Gasteiger partial charge >= 0.3 is 0 Å². The second-order valence-corrected chi connectivity index (χ2v) is 7.36. The number of hydrogen-bond donors (Lipinski definition) is 0. The number of rotatable bonds is 4. The lowest BCUT2D eigenvalue weighted by Crippen LogP contribution is -2.26. The SMILES string of the molecule is CSc1ccc(S(=O)(=O)N(C)c2ccccc2Cl)cc1. The highest BCUT2D eigenvalue weighted by atomic mass is 35.5. The molecule has 0 saturated heterocycles. The number of para-hydroxylation sites is 1. The summed E-state index contributed by atoms with van der Waals surface area (Å²) in [6.45, 7) is 0. The van der Waals surface area contributed by atoms with E-state index in [9.17, 15) is 8.42 Å². The van der Waals surface area contributed by atoms with Crippen molar-refractivity contribution in [1.29, 1.82) is 0 Å². The van der Waals surface area contributed by atoms with Crippen molar-refractivity contribution in [3.05, 3.63) is 53.6 Å². The Morgan fingerprint density at radius 2 is 1.65 bits per heavy atom. The summed E-state index contributed by atoms with van der Waals surface area (Å²) in [7, 11) is -2.10. The molecule has 106 valence electrons. The first-order chi connectivity index (χ1) is 9.46. The molecule has 0 fully saturated rings. The van der Waals surface area contributed by atoms with Crippen LogP contribution in [-0.4, -0.2) is 21.7 Å². The van der Waals surface area contributed by atoms with Crippen molar-refractivity contribution in [2.45, 2.75) is 9.79 Å². The molecule has 2 rings (SSSR count). The van der Waals surface area contributed by atoms with Gasteiger partial charge in [0, 0.05) is 11.9 Å². The van der Waals surface area contributed by atoms with Crippen molar-refractivity contribution in [2.75, 3.05) is 17.6 Å². The number of halogens is 1. The van der Waals surface area contributed by atoms with Gasteiger partial charge in [-0.2, -0.15) is 0 Å². The molecule has 0 radical (unpaired) electrons. The number of anilines is 1. The van der Waals surface area contributed by atoms with E-state index in [2.05, 4.69) is 0 Å². The summed E-state index contributed by atoms with van der Waals surface area (Å²) in [6, 6.07) is 13.7. The van der Waals surface area contributed by atoms with Gasteiger partial charge in [-0.05, 0) is 42.7 Å². The van der Waals surface area contributed by atoms with Crippen LogP contribution in [0.2, 0.25) is 5.02 Å².